The third-order valence-electron chi connectivity index (χ3n) is 3.59. The van der Waals surface area contributed by atoms with Gasteiger partial charge < -0.3 is 20.4 Å². The van der Waals surface area contributed by atoms with Gasteiger partial charge in [-0.05, 0) is 25.8 Å². The molecule has 0 saturated carbocycles. The zero-order valence-electron chi connectivity index (χ0n) is 14.2. The number of nitrogens with one attached hydrogen (secondary N) is 1. The van der Waals surface area contributed by atoms with E-state index < -0.39 is 0 Å². The van der Waals surface area contributed by atoms with Gasteiger partial charge in [0.15, 0.2) is 5.96 Å². The van der Waals surface area contributed by atoms with Crippen molar-refractivity contribution in [2.45, 2.75) is 32.9 Å². The highest BCUT2D eigenvalue weighted by molar-refractivity contribution is 14.0. The van der Waals surface area contributed by atoms with Gasteiger partial charge >= 0.3 is 0 Å². The average molecular weight is 443 g/mol. The van der Waals surface area contributed by atoms with E-state index in [0.717, 1.165) is 36.5 Å². The van der Waals surface area contributed by atoms with Crippen LogP contribution in [0.3, 0.4) is 0 Å². The van der Waals surface area contributed by atoms with E-state index in [0.29, 0.717) is 19.1 Å². The second-order valence-corrected chi connectivity index (χ2v) is 5.36. The molecule has 2 aromatic rings. The van der Waals surface area contributed by atoms with Gasteiger partial charge in [-0.2, -0.15) is 0 Å². The summed E-state index contributed by atoms with van der Waals surface area (Å²) >= 11 is 0. The molecular weight excluding hydrogens is 417 g/mol. The molecule has 0 saturated heterocycles. The topological polar surface area (TPSA) is 77.5 Å². The van der Waals surface area contributed by atoms with E-state index in [4.69, 9.17) is 10.5 Å². The number of methoxy groups -OCH3 is 1. The minimum atomic E-state index is 0. The van der Waals surface area contributed by atoms with Gasteiger partial charge in [0.2, 0.25) is 0 Å². The van der Waals surface area contributed by atoms with Gasteiger partial charge in [0, 0.05) is 43.8 Å². The molecule has 1 aromatic heterocycles. The largest absolute Gasteiger partial charge is 0.380 e. The minimum Gasteiger partial charge on any atom is -0.380 e. The molecular formula is C17H26IN5O. The lowest BCUT2D eigenvalue weighted by atomic mass is 10.2. The molecule has 0 atom stereocenters. The fourth-order valence-corrected chi connectivity index (χ4v) is 2.33. The van der Waals surface area contributed by atoms with Gasteiger partial charge in [-0.1, -0.05) is 18.2 Å². The Hall–Kier alpha value is -1.61. The number of guanidine groups is 1. The molecule has 0 aliphatic heterocycles. The number of anilines is 1. The van der Waals surface area contributed by atoms with Crippen molar-refractivity contribution in [3.8, 4) is 0 Å². The van der Waals surface area contributed by atoms with Crippen LogP contribution in [0.15, 0.2) is 41.7 Å². The van der Waals surface area contributed by atoms with Crippen molar-refractivity contribution in [2.75, 3.05) is 19.0 Å². The number of aromatic nitrogens is 2. The second kappa shape index (κ2) is 11.0. The molecule has 6 nitrogen and oxygen atoms in total. The maximum atomic E-state index is 5.95. The van der Waals surface area contributed by atoms with Crippen LogP contribution in [0.25, 0.3) is 0 Å². The predicted octanol–water partition coefficient (Wildman–Crippen LogP) is 3.16. The first-order valence-corrected chi connectivity index (χ1v) is 7.82. The number of hydrogen-bond acceptors (Lipinski definition) is 3. The number of nitrogens with zero attached hydrogens (tertiary/aromatic N) is 3. The SMILES string of the molecule is COCc1ccccc1NC(N)=NCCCCn1ccnc1C.I. The summed E-state index contributed by atoms with van der Waals surface area (Å²) in [7, 11) is 1.68. The monoisotopic (exact) mass is 443 g/mol. The molecule has 1 aromatic carbocycles. The summed E-state index contributed by atoms with van der Waals surface area (Å²) < 4.78 is 7.33. The van der Waals surface area contributed by atoms with Crippen LogP contribution in [0.1, 0.15) is 24.2 Å². The first kappa shape index (κ1) is 20.4. The fraction of sp³-hybridized carbons (Fsp3) is 0.412. The molecule has 0 radical (unpaired) electrons. The average Bonchev–Trinajstić information content (AvgIpc) is 2.94. The van der Waals surface area contributed by atoms with Crippen LogP contribution >= 0.6 is 24.0 Å². The van der Waals surface area contributed by atoms with E-state index in [1.54, 1.807) is 7.11 Å². The molecule has 3 N–H and O–H groups in total. The third-order valence-corrected chi connectivity index (χ3v) is 3.59. The summed E-state index contributed by atoms with van der Waals surface area (Å²) in [4.78, 5) is 8.59. The summed E-state index contributed by atoms with van der Waals surface area (Å²) in [5, 5.41) is 3.14. The number of imidazole rings is 1. The van der Waals surface area contributed by atoms with Crippen LogP contribution in [0.5, 0.6) is 0 Å². The van der Waals surface area contributed by atoms with Gasteiger partial charge in [0.25, 0.3) is 0 Å². The first-order chi connectivity index (χ1) is 11.2. The van der Waals surface area contributed by atoms with Crippen LogP contribution in [0.2, 0.25) is 0 Å². The minimum absolute atomic E-state index is 0. The van der Waals surface area contributed by atoms with E-state index in [1.807, 2.05) is 43.6 Å². The zero-order chi connectivity index (χ0) is 16.5. The number of rotatable bonds is 8. The number of nitrogens with two attached hydrogens (primary N) is 1. The summed E-state index contributed by atoms with van der Waals surface area (Å²) in [5.74, 6) is 1.48. The van der Waals surface area contributed by atoms with Crippen molar-refractivity contribution in [1.29, 1.82) is 0 Å². The van der Waals surface area contributed by atoms with Crippen molar-refractivity contribution in [3.63, 3.8) is 0 Å². The highest BCUT2D eigenvalue weighted by atomic mass is 127. The lowest BCUT2D eigenvalue weighted by Crippen LogP contribution is -2.23. The smallest absolute Gasteiger partial charge is 0.193 e. The Bertz CT molecular complexity index is 641. The van der Waals surface area contributed by atoms with Gasteiger partial charge in [-0.3, -0.25) is 4.99 Å². The van der Waals surface area contributed by atoms with Gasteiger partial charge in [-0.15, -0.1) is 24.0 Å². The highest BCUT2D eigenvalue weighted by Gasteiger charge is 2.02. The molecule has 0 unspecified atom stereocenters. The molecule has 0 amide bonds. The molecule has 0 spiro atoms. The molecule has 2 rings (SSSR count). The van der Waals surface area contributed by atoms with Crippen LogP contribution in [-0.2, 0) is 17.9 Å². The van der Waals surface area contributed by atoms with E-state index in [9.17, 15) is 0 Å². The Morgan fingerprint density at radius 2 is 2.12 bits per heavy atom. The molecule has 132 valence electrons. The number of aryl methyl sites for hydroxylation is 2. The van der Waals surface area contributed by atoms with E-state index >= 15 is 0 Å². The maximum Gasteiger partial charge on any atom is 0.193 e. The van der Waals surface area contributed by atoms with Crippen molar-refractivity contribution in [1.82, 2.24) is 9.55 Å². The third kappa shape index (κ3) is 6.48. The van der Waals surface area contributed by atoms with Crippen LogP contribution in [-0.4, -0.2) is 29.2 Å². The summed E-state index contributed by atoms with van der Waals surface area (Å²) in [6.45, 7) is 4.22. The summed E-state index contributed by atoms with van der Waals surface area (Å²) in [6, 6.07) is 7.91. The molecule has 0 fully saturated rings. The number of halogens is 1. The fourth-order valence-electron chi connectivity index (χ4n) is 2.33. The molecule has 0 aliphatic carbocycles. The quantitative estimate of drug-likeness (QED) is 0.285. The number of benzene rings is 1. The van der Waals surface area contributed by atoms with Crippen LogP contribution in [0, 0.1) is 6.92 Å². The second-order valence-electron chi connectivity index (χ2n) is 5.36. The van der Waals surface area contributed by atoms with Crippen molar-refractivity contribution in [2.24, 2.45) is 10.7 Å². The Balaban J connectivity index is 0.00000288. The Morgan fingerprint density at radius 3 is 2.83 bits per heavy atom. The molecule has 7 heteroatoms. The number of unbranched alkanes of at least 4 members (excludes halogenated alkanes) is 1. The van der Waals surface area contributed by atoms with Crippen molar-refractivity contribution < 1.29 is 4.74 Å². The first-order valence-electron chi connectivity index (χ1n) is 7.82. The Labute approximate surface area is 160 Å². The van der Waals surface area contributed by atoms with Gasteiger partial charge in [-0.25, -0.2) is 4.98 Å². The lowest BCUT2D eigenvalue weighted by Gasteiger charge is -2.10. The lowest BCUT2D eigenvalue weighted by molar-refractivity contribution is 0.185. The Morgan fingerprint density at radius 1 is 1.33 bits per heavy atom. The number of ether oxygens (including phenoxy) is 1. The summed E-state index contributed by atoms with van der Waals surface area (Å²) in [5.41, 5.74) is 7.95. The molecule has 0 bridgehead atoms. The number of hydrogen-bond donors (Lipinski definition) is 2. The van der Waals surface area contributed by atoms with Crippen molar-refractivity contribution >= 4 is 35.6 Å². The number of aliphatic imine (C=N–C) groups is 1. The van der Waals surface area contributed by atoms with E-state index in [2.05, 4.69) is 19.9 Å². The van der Waals surface area contributed by atoms with Crippen LogP contribution < -0.4 is 11.1 Å². The Kier molecular flexibility index (Phi) is 9.39. The van der Waals surface area contributed by atoms with E-state index in [1.165, 1.54) is 0 Å². The normalized spacial score (nSPS) is 11.2. The molecule has 0 aliphatic rings. The van der Waals surface area contributed by atoms with Crippen molar-refractivity contribution in [3.05, 3.63) is 48.0 Å². The summed E-state index contributed by atoms with van der Waals surface area (Å²) in [6.07, 6.45) is 5.86. The zero-order valence-corrected chi connectivity index (χ0v) is 16.6. The van der Waals surface area contributed by atoms with Gasteiger partial charge in [0.05, 0.1) is 6.61 Å². The number of para-hydroxylation sites is 1. The highest BCUT2D eigenvalue weighted by Crippen LogP contribution is 2.15. The molecule has 1 heterocycles. The van der Waals surface area contributed by atoms with Crippen LogP contribution in [0.4, 0.5) is 5.69 Å². The van der Waals surface area contributed by atoms with E-state index in [-0.39, 0.29) is 24.0 Å². The molecule has 24 heavy (non-hydrogen) atoms. The maximum absolute atomic E-state index is 5.95. The van der Waals surface area contributed by atoms with Gasteiger partial charge in [0.1, 0.15) is 5.82 Å². The standard InChI is InChI=1S/C17H25N5O.HI/c1-14-19-10-12-22(14)11-6-5-9-20-17(18)21-16-8-4-3-7-15(16)13-23-2;/h3-4,7-8,10,12H,5-6,9,11,13H2,1-2H3,(H3,18,20,21);1H. The predicted molar refractivity (Wildman–Crippen MR) is 109 cm³/mol.